The Kier molecular flexibility index (Phi) is 5.57. The van der Waals surface area contributed by atoms with Gasteiger partial charge in [0.1, 0.15) is 5.02 Å². The van der Waals surface area contributed by atoms with E-state index in [1.807, 2.05) is 0 Å². The van der Waals surface area contributed by atoms with E-state index in [0.717, 1.165) is 0 Å². The van der Waals surface area contributed by atoms with E-state index < -0.39 is 5.97 Å². The lowest BCUT2D eigenvalue weighted by Gasteiger charge is -2.16. The topological polar surface area (TPSA) is 79.7 Å². The van der Waals surface area contributed by atoms with Gasteiger partial charge < -0.3 is 14.7 Å². The van der Waals surface area contributed by atoms with Crippen LogP contribution in [0.15, 0.2) is 12.3 Å². The number of rotatable bonds is 6. The minimum atomic E-state index is -0.956. The molecule has 0 radical (unpaired) electrons. The molecule has 0 aliphatic heterocycles. The largest absolute Gasteiger partial charge is 0.481 e. The van der Waals surface area contributed by atoms with Crippen molar-refractivity contribution in [3.05, 3.63) is 22.8 Å². The van der Waals surface area contributed by atoms with Crippen molar-refractivity contribution in [2.24, 2.45) is 0 Å². The molecule has 0 saturated heterocycles. The molecule has 19 heavy (non-hydrogen) atoms. The van der Waals surface area contributed by atoms with Crippen LogP contribution in [-0.4, -0.2) is 47.1 Å². The molecule has 0 atom stereocenters. The fourth-order valence-corrected chi connectivity index (χ4v) is 1.59. The summed E-state index contributed by atoms with van der Waals surface area (Å²) in [5.41, 5.74) is 0.293. The summed E-state index contributed by atoms with van der Waals surface area (Å²) in [4.78, 5) is 27.7. The van der Waals surface area contributed by atoms with Gasteiger partial charge in [-0.2, -0.15) is 0 Å². The van der Waals surface area contributed by atoms with Crippen LogP contribution in [0.1, 0.15) is 23.7 Å². The van der Waals surface area contributed by atoms with E-state index in [-0.39, 0.29) is 29.8 Å². The summed E-state index contributed by atoms with van der Waals surface area (Å²) in [6, 6.07) is 1.46. The third-order valence-corrected chi connectivity index (χ3v) is 2.61. The van der Waals surface area contributed by atoms with Crippen molar-refractivity contribution in [1.29, 1.82) is 0 Å². The molecule has 1 aromatic rings. The van der Waals surface area contributed by atoms with Crippen molar-refractivity contribution >= 4 is 23.5 Å². The summed E-state index contributed by atoms with van der Waals surface area (Å²) in [5, 5.41) is 8.82. The molecule has 7 heteroatoms. The van der Waals surface area contributed by atoms with Gasteiger partial charge in [-0.3, -0.25) is 9.59 Å². The smallest absolute Gasteiger partial charge is 0.305 e. The number of carboxylic acid groups (broad SMARTS) is 1. The normalized spacial score (nSPS) is 10.1. The van der Waals surface area contributed by atoms with Crippen LogP contribution >= 0.6 is 11.6 Å². The Labute approximate surface area is 115 Å². The Morgan fingerprint density at radius 1 is 1.53 bits per heavy atom. The van der Waals surface area contributed by atoms with Crippen LogP contribution in [0.5, 0.6) is 5.88 Å². The zero-order valence-electron chi connectivity index (χ0n) is 10.7. The monoisotopic (exact) mass is 286 g/mol. The van der Waals surface area contributed by atoms with Gasteiger partial charge in [0.15, 0.2) is 0 Å². The first kappa shape index (κ1) is 15.2. The second-order valence-electron chi connectivity index (χ2n) is 3.81. The SMILES string of the molecule is CCOc1ncc(C(=O)N(C)CCC(=O)O)cc1Cl. The van der Waals surface area contributed by atoms with Crippen molar-refractivity contribution in [1.82, 2.24) is 9.88 Å². The van der Waals surface area contributed by atoms with Crippen molar-refractivity contribution in [2.45, 2.75) is 13.3 Å². The number of aliphatic carboxylic acids is 1. The highest BCUT2D eigenvalue weighted by Crippen LogP contribution is 2.22. The number of carbonyl (C=O) groups is 2. The lowest BCUT2D eigenvalue weighted by atomic mass is 10.2. The van der Waals surface area contributed by atoms with Crippen molar-refractivity contribution in [3.8, 4) is 5.88 Å². The van der Waals surface area contributed by atoms with E-state index in [9.17, 15) is 9.59 Å². The number of nitrogens with zero attached hydrogens (tertiary/aromatic N) is 2. The van der Waals surface area contributed by atoms with Crippen molar-refractivity contribution in [2.75, 3.05) is 20.2 Å². The second kappa shape index (κ2) is 6.94. The van der Waals surface area contributed by atoms with E-state index in [2.05, 4.69) is 4.98 Å². The van der Waals surface area contributed by atoms with Crippen LogP contribution in [0.4, 0.5) is 0 Å². The number of aromatic nitrogens is 1. The third kappa shape index (κ3) is 4.40. The first-order valence-corrected chi connectivity index (χ1v) is 6.09. The van der Waals surface area contributed by atoms with Gasteiger partial charge in [-0.1, -0.05) is 11.6 Å². The third-order valence-electron chi connectivity index (χ3n) is 2.34. The second-order valence-corrected chi connectivity index (χ2v) is 4.22. The molecule has 0 aliphatic rings. The molecule has 1 aromatic heterocycles. The Hall–Kier alpha value is -1.82. The minimum Gasteiger partial charge on any atom is -0.481 e. The summed E-state index contributed by atoms with van der Waals surface area (Å²) in [7, 11) is 1.52. The van der Waals surface area contributed by atoms with Gasteiger partial charge in [-0.25, -0.2) is 4.98 Å². The number of carboxylic acids is 1. The van der Waals surface area contributed by atoms with Crippen molar-refractivity contribution in [3.63, 3.8) is 0 Å². The molecule has 1 heterocycles. The molecule has 0 saturated carbocycles. The summed E-state index contributed by atoms with van der Waals surface area (Å²) in [6.45, 7) is 2.36. The number of carbonyl (C=O) groups excluding carboxylic acids is 1. The molecule has 1 amide bonds. The summed E-state index contributed by atoms with van der Waals surface area (Å²) >= 11 is 5.93. The number of pyridine rings is 1. The van der Waals surface area contributed by atoms with Crippen LogP contribution in [0.25, 0.3) is 0 Å². The number of hydrogen-bond donors (Lipinski definition) is 1. The molecule has 1 N–H and O–H groups in total. The maximum Gasteiger partial charge on any atom is 0.305 e. The maximum atomic E-state index is 12.0. The van der Waals surface area contributed by atoms with Gasteiger partial charge in [0.25, 0.3) is 5.91 Å². The van der Waals surface area contributed by atoms with Crippen molar-refractivity contribution < 1.29 is 19.4 Å². The minimum absolute atomic E-state index is 0.111. The standard InChI is InChI=1S/C12H15ClN2O4/c1-3-19-11-9(13)6-8(7-14-11)12(18)15(2)5-4-10(16)17/h6-7H,3-5H2,1-2H3,(H,16,17). The molecular weight excluding hydrogens is 272 g/mol. The van der Waals surface area contributed by atoms with Gasteiger partial charge in [0, 0.05) is 19.8 Å². The molecule has 0 bridgehead atoms. The average molecular weight is 287 g/mol. The quantitative estimate of drug-likeness (QED) is 0.860. The molecule has 6 nitrogen and oxygen atoms in total. The number of ether oxygens (including phenoxy) is 1. The molecule has 0 fully saturated rings. The van der Waals surface area contributed by atoms with E-state index >= 15 is 0 Å². The van der Waals surface area contributed by atoms with Crippen LogP contribution in [0.3, 0.4) is 0 Å². The summed E-state index contributed by atoms with van der Waals surface area (Å²) in [5.74, 6) is -1.02. The maximum absolute atomic E-state index is 12.0. The van der Waals surface area contributed by atoms with Crippen LogP contribution in [0.2, 0.25) is 5.02 Å². The van der Waals surface area contributed by atoms with Crippen LogP contribution in [0, 0.1) is 0 Å². The predicted molar refractivity (Wildman–Crippen MR) is 69.6 cm³/mol. The molecule has 0 spiro atoms. The van der Waals surface area contributed by atoms with Gasteiger partial charge >= 0.3 is 5.97 Å². The first-order valence-electron chi connectivity index (χ1n) is 5.71. The highest BCUT2D eigenvalue weighted by Gasteiger charge is 2.15. The van der Waals surface area contributed by atoms with E-state index in [0.29, 0.717) is 12.2 Å². The van der Waals surface area contributed by atoms with Crippen LogP contribution in [-0.2, 0) is 4.79 Å². The highest BCUT2D eigenvalue weighted by molar-refractivity contribution is 6.32. The fourth-order valence-electron chi connectivity index (χ4n) is 1.37. The van der Waals surface area contributed by atoms with Gasteiger partial charge in [0.2, 0.25) is 5.88 Å². The van der Waals surface area contributed by atoms with Gasteiger partial charge in [-0.05, 0) is 13.0 Å². The number of amides is 1. The first-order chi connectivity index (χ1) is 8.95. The number of halogens is 1. The highest BCUT2D eigenvalue weighted by atomic mass is 35.5. The summed E-state index contributed by atoms with van der Waals surface area (Å²) < 4.78 is 5.17. The Balaban J connectivity index is 2.76. The Morgan fingerprint density at radius 3 is 2.74 bits per heavy atom. The van der Waals surface area contributed by atoms with Gasteiger partial charge in [0.05, 0.1) is 18.6 Å². The zero-order valence-corrected chi connectivity index (χ0v) is 11.5. The van der Waals surface area contributed by atoms with E-state index in [4.69, 9.17) is 21.4 Å². The van der Waals surface area contributed by atoms with E-state index in [1.54, 1.807) is 6.92 Å². The molecule has 0 aromatic carbocycles. The lowest BCUT2D eigenvalue weighted by molar-refractivity contribution is -0.137. The Bertz CT molecular complexity index is 479. The van der Waals surface area contributed by atoms with Gasteiger partial charge in [-0.15, -0.1) is 0 Å². The zero-order chi connectivity index (χ0) is 14.4. The molecule has 0 unspecified atom stereocenters. The number of hydrogen-bond acceptors (Lipinski definition) is 4. The van der Waals surface area contributed by atoms with E-state index in [1.165, 1.54) is 24.2 Å². The molecular formula is C12H15ClN2O4. The lowest BCUT2D eigenvalue weighted by Crippen LogP contribution is -2.29. The summed E-state index contributed by atoms with van der Waals surface area (Å²) in [6.07, 6.45) is 1.25. The van der Waals surface area contributed by atoms with Crippen LogP contribution < -0.4 is 4.74 Å². The fraction of sp³-hybridized carbons (Fsp3) is 0.417. The molecule has 0 aliphatic carbocycles. The average Bonchev–Trinajstić information content (AvgIpc) is 2.37. The predicted octanol–water partition coefficient (Wildman–Crippen LogP) is 1.68. The molecule has 104 valence electrons. The Morgan fingerprint density at radius 2 is 2.21 bits per heavy atom. The molecule has 1 rings (SSSR count).